The number of hydrogen-bond acceptors (Lipinski definition) is 3. The van der Waals surface area contributed by atoms with Gasteiger partial charge in [-0.05, 0) is 24.3 Å². The van der Waals surface area contributed by atoms with Crippen molar-refractivity contribution in [3.05, 3.63) is 29.8 Å². The number of nitrogens with two attached hydrogens (primary N) is 1. The Morgan fingerprint density at radius 1 is 1.22 bits per heavy atom. The van der Waals surface area contributed by atoms with Gasteiger partial charge in [0.2, 0.25) is 0 Å². The van der Waals surface area contributed by atoms with Gasteiger partial charge in [0.1, 0.15) is 17.3 Å². The number of thiocarbonyl (C=S) groups is 1. The SMILES string of the molecule is NC(=S)c1ccc(OCCCOCC(F)F)cc1. The zero-order valence-corrected chi connectivity index (χ0v) is 10.6. The molecule has 0 fully saturated rings. The standard InChI is InChI=1S/C12H15F2NO2S/c13-11(14)8-16-6-1-7-17-10-4-2-9(3-5-10)12(15)18/h2-5,11H,1,6-8H2,(H2,15,18). The number of benzene rings is 1. The van der Waals surface area contributed by atoms with E-state index in [1.54, 1.807) is 24.3 Å². The molecule has 0 aliphatic heterocycles. The average molecular weight is 275 g/mol. The molecule has 18 heavy (non-hydrogen) atoms. The van der Waals surface area contributed by atoms with Gasteiger partial charge in [-0.2, -0.15) is 0 Å². The number of alkyl halides is 2. The predicted octanol–water partition coefficient (Wildman–Crippen LogP) is 2.37. The van der Waals surface area contributed by atoms with Crippen LogP contribution in [0.2, 0.25) is 0 Å². The lowest BCUT2D eigenvalue weighted by molar-refractivity contribution is 0.0139. The predicted molar refractivity (Wildman–Crippen MR) is 69.3 cm³/mol. The van der Waals surface area contributed by atoms with Gasteiger partial charge in [-0.15, -0.1) is 0 Å². The molecule has 0 heterocycles. The van der Waals surface area contributed by atoms with Crippen molar-refractivity contribution in [2.45, 2.75) is 12.8 Å². The summed E-state index contributed by atoms with van der Waals surface area (Å²) in [5.74, 6) is 0.684. The lowest BCUT2D eigenvalue weighted by Gasteiger charge is -2.07. The van der Waals surface area contributed by atoms with E-state index in [9.17, 15) is 8.78 Å². The van der Waals surface area contributed by atoms with Crippen LogP contribution in [0.3, 0.4) is 0 Å². The molecule has 0 radical (unpaired) electrons. The molecule has 0 bridgehead atoms. The van der Waals surface area contributed by atoms with Crippen molar-refractivity contribution in [3.8, 4) is 5.75 Å². The van der Waals surface area contributed by atoms with Crippen LogP contribution >= 0.6 is 12.2 Å². The molecule has 0 saturated carbocycles. The van der Waals surface area contributed by atoms with Crippen LogP contribution in [0.1, 0.15) is 12.0 Å². The lowest BCUT2D eigenvalue weighted by atomic mass is 10.2. The largest absolute Gasteiger partial charge is 0.494 e. The highest BCUT2D eigenvalue weighted by Crippen LogP contribution is 2.12. The summed E-state index contributed by atoms with van der Waals surface area (Å²) >= 11 is 4.82. The first-order chi connectivity index (χ1) is 8.59. The molecule has 100 valence electrons. The van der Waals surface area contributed by atoms with Crippen LogP contribution in [-0.2, 0) is 4.74 Å². The zero-order chi connectivity index (χ0) is 13.4. The van der Waals surface area contributed by atoms with E-state index in [2.05, 4.69) is 0 Å². The third-order valence-electron chi connectivity index (χ3n) is 2.08. The van der Waals surface area contributed by atoms with Crippen LogP contribution in [0.25, 0.3) is 0 Å². The van der Waals surface area contributed by atoms with E-state index >= 15 is 0 Å². The van der Waals surface area contributed by atoms with E-state index in [1.807, 2.05) is 0 Å². The van der Waals surface area contributed by atoms with Gasteiger partial charge in [-0.3, -0.25) is 0 Å². The van der Waals surface area contributed by atoms with E-state index in [-0.39, 0.29) is 6.61 Å². The van der Waals surface area contributed by atoms with Gasteiger partial charge in [-0.1, -0.05) is 12.2 Å². The van der Waals surface area contributed by atoms with Crippen LogP contribution < -0.4 is 10.5 Å². The number of ether oxygens (including phenoxy) is 2. The second-order valence-electron chi connectivity index (χ2n) is 3.56. The fourth-order valence-electron chi connectivity index (χ4n) is 1.24. The normalized spacial score (nSPS) is 10.6. The smallest absolute Gasteiger partial charge is 0.261 e. The Labute approximate surface area is 110 Å². The van der Waals surface area contributed by atoms with Crippen molar-refractivity contribution < 1.29 is 18.3 Å². The molecule has 0 unspecified atom stereocenters. The highest BCUT2D eigenvalue weighted by molar-refractivity contribution is 7.80. The first kappa shape index (κ1) is 14.8. The van der Waals surface area contributed by atoms with E-state index in [0.29, 0.717) is 23.8 Å². The topological polar surface area (TPSA) is 44.5 Å². The second kappa shape index (κ2) is 7.94. The van der Waals surface area contributed by atoms with E-state index in [4.69, 9.17) is 27.4 Å². The molecule has 3 nitrogen and oxygen atoms in total. The molecule has 6 heteroatoms. The van der Waals surface area contributed by atoms with Crippen LogP contribution in [-0.4, -0.2) is 31.2 Å². The maximum absolute atomic E-state index is 11.7. The number of halogens is 2. The van der Waals surface area contributed by atoms with Gasteiger partial charge in [0.15, 0.2) is 0 Å². The van der Waals surface area contributed by atoms with Crippen molar-refractivity contribution in [2.75, 3.05) is 19.8 Å². The Hall–Kier alpha value is -1.27. The molecule has 1 aromatic rings. The summed E-state index contributed by atoms with van der Waals surface area (Å²) in [7, 11) is 0. The first-order valence-corrected chi connectivity index (χ1v) is 5.89. The number of hydrogen-bond donors (Lipinski definition) is 1. The van der Waals surface area contributed by atoms with Crippen LogP contribution in [0.15, 0.2) is 24.3 Å². The molecular formula is C12H15F2NO2S. The first-order valence-electron chi connectivity index (χ1n) is 5.48. The summed E-state index contributed by atoms with van der Waals surface area (Å²) in [5, 5.41) is 0. The molecule has 0 saturated heterocycles. The third kappa shape index (κ3) is 5.88. The highest BCUT2D eigenvalue weighted by Gasteiger charge is 2.01. The van der Waals surface area contributed by atoms with Crippen molar-refractivity contribution in [1.29, 1.82) is 0 Å². The summed E-state index contributed by atoms with van der Waals surface area (Å²) in [5.41, 5.74) is 6.23. The van der Waals surface area contributed by atoms with E-state index < -0.39 is 13.0 Å². The summed E-state index contributed by atoms with van der Waals surface area (Å²) in [6.07, 6.45) is -1.86. The fourth-order valence-corrected chi connectivity index (χ4v) is 1.37. The van der Waals surface area contributed by atoms with Crippen molar-refractivity contribution in [2.24, 2.45) is 5.73 Å². The zero-order valence-electron chi connectivity index (χ0n) is 9.77. The molecule has 1 aromatic carbocycles. The van der Waals surface area contributed by atoms with Gasteiger partial charge in [0, 0.05) is 12.0 Å². The quantitative estimate of drug-likeness (QED) is 0.584. The minimum atomic E-state index is -2.42. The van der Waals surface area contributed by atoms with Gasteiger partial charge in [0.25, 0.3) is 6.43 Å². The van der Waals surface area contributed by atoms with Gasteiger partial charge in [-0.25, -0.2) is 8.78 Å². The van der Waals surface area contributed by atoms with Crippen molar-refractivity contribution >= 4 is 17.2 Å². The Kier molecular flexibility index (Phi) is 6.53. The maximum atomic E-state index is 11.7. The molecule has 0 aliphatic rings. The summed E-state index contributed by atoms with van der Waals surface area (Å²) in [6, 6.07) is 7.05. The monoisotopic (exact) mass is 275 g/mol. The van der Waals surface area contributed by atoms with Gasteiger partial charge < -0.3 is 15.2 Å². The minimum Gasteiger partial charge on any atom is -0.494 e. The second-order valence-corrected chi connectivity index (χ2v) is 4.00. The Morgan fingerprint density at radius 3 is 2.44 bits per heavy atom. The molecule has 0 spiro atoms. The summed E-state index contributed by atoms with van der Waals surface area (Å²) in [4.78, 5) is 0.335. The van der Waals surface area contributed by atoms with E-state index in [1.165, 1.54) is 0 Å². The van der Waals surface area contributed by atoms with Crippen LogP contribution in [0.4, 0.5) is 8.78 Å². The van der Waals surface area contributed by atoms with Gasteiger partial charge in [0.05, 0.1) is 13.2 Å². The van der Waals surface area contributed by atoms with Crippen molar-refractivity contribution in [1.82, 2.24) is 0 Å². The highest BCUT2D eigenvalue weighted by atomic mass is 32.1. The van der Waals surface area contributed by atoms with Gasteiger partial charge >= 0.3 is 0 Å². The Balaban J connectivity index is 2.17. The lowest BCUT2D eigenvalue weighted by Crippen LogP contribution is -2.09. The number of rotatable bonds is 8. The molecular weight excluding hydrogens is 260 g/mol. The van der Waals surface area contributed by atoms with E-state index in [0.717, 1.165) is 5.56 Å². The summed E-state index contributed by atoms with van der Waals surface area (Å²) in [6.45, 7) is 0.146. The average Bonchev–Trinajstić information content (AvgIpc) is 2.34. The molecule has 1 rings (SSSR count). The molecule has 0 atom stereocenters. The Morgan fingerprint density at radius 2 is 1.89 bits per heavy atom. The maximum Gasteiger partial charge on any atom is 0.261 e. The fraction of sp³-hybridized carbons (Fsp3) is 0.417. The molecule has 2 N–H and O–H groups in total. The molecule has 0 aromatic heterocycles. The minimum absolute atomic E-state index is 0.259. The molecule has 0 amide bonds. The van der Waals surface area contributed by atoms with Crippen LogP contribution in [0, 0.1) is 0 Å². The third-order valence-corrected chi connectivity index (χ3v) is 2.32. The van der Waals surface area contributed by atoms with Crippen LogP contribution in [0.5, 0.6) is 5.75 Å². The van der Waals surface area contributed by atoms with Crippen molar-refractivity contribution in [3.63, 3.8) is 0 Å². The molecule has 0 aliphatic carbocycles. The Bertz CT molecular complexity index is 371. The summed E-state index contributed by atoms with van der Waals surface area (Å²) < 4.78 is 33.6.